The van der Waals surface area contributed by atoms with Gasteiger partial charge in [-0.15, -0.1) is 0 Å². The van der Waals surface area contributed by atoms with E-state index in [0.717, 1.165) is 51.8 Å². The highest BCUT2D eigenvalue weighted by Crippen LogP contribution is 2.29. The van der Waals surface area contributed by atoms with Gasteiger partial charge in [-0.2, -0.15) is 0 Å². The van der Waals surface area contributed by atoms with Crippen molar-refractivity contribution in [2.45, 2.75) is 71.0 Å². The molecule has 0 heterocycles. The fourth-order valence-electron chi connectivity index (χ4n) is 4.56. The maximum atomic E-state index is 13.7. The molecule has 1 atom stereocenters. The van der Waals surface area contributed by atoms with Gasteiger partial charge in [-0.05, 0) is 55.0 Å². The van der Waals surface area contributed by atoms with E-state index in [1.54, 1.807) is 19.1 Å². The van der Waals surface area contributed by atoms with Crippen molar-refractivity contribution in [2.24, 2.45) is 0 Å². The summed E-state index contributed by atoms with van der Waals surface area (Å²) in [4.78, 5) is 28.4. The number of para-hydroxylation sites is 1. The Bertz CT molecular complexity index is 1160. The molecular formula is C27H36BrN3O4S. The lowest BCUT2D eigenvalue weighted by molar-refractivity contribution is -0.139. The van der Waals surface area contributed by atoms with E-state index in [1.165, 1.54) is 4.90 Å². The second-order valence-corrected chi connectivity index (χ2v) is 12.6. The van der Waals surface area contributed by atoms with Crippen LogP contribution in [0.2, 0.25) is 0 Å². The van der Waals surface area contributed by atoms with Crippen molar-refractivity contribution in [3.05, 3.63) is 64.1 Å². The third-order valence-electron chi connectivity index (χ3n) is 6.64. The van der Waals surface area contributed by atoms with Gasteiger partial charge >= 0.3 is 0 Å². The molecule has 3 rings (SSSR count). The topological polar surface area (TPSA) is 86.8 Å². The molecular weight excluding hydrogens is 542 g/mol. The molecule has 36 heavy (non-hydrogen) atoms. The number of benzene rings is 2. The van der Waals surface area contributed by atoms with Crippen LogP contribution >= 0.6 is 15.9 Å². The van der Waals surface area contributed by atoms with Crippen molar-refractivity contribution in [2.75, 3.05) is 17.1 Å². The second-order valence-electron chi connectivity index (χ2n) is 9.80. The number of hydrogen-bond acceptors (Lipinski definition) is 4. The number of anilines is 1. The molecule has 1 unspecified atom stereocenters. The van der Waals surface area contributed by atoms with E-state index in [4.69, 9.17) is 0 Å². The number of nitrogens with one attached hydrogen (secondary N) is 1. The highest BCUT2D eigenvalue weighted by Gasteiger charge is 2.32. The minimum absolute atomic E-state index is 0.0653. The van der Waals surface area contributed by atoms with E-state index in [2.05, 4.69) is 21.2 Å². The molecule has 2 aromatic carbocycles. The van der Waals surface area contributed by atoms with E-state index in [-0.39, 0.29) is 31.0 Å². The standard InChI is InChI=1S/C27H36BrN3O4S/c1-19(2)24-11-7-8-12-25(24)31(36(4,34)35)18-26(32)30(17-21-13-15-22(28)16-14-21)20(3)27(33)29-23-9-5-6-10-23/h7-8,11-16,19-20,23H,5-6,9-10,17-18H2,1-4H3,(H,29,33). The number of carbonyl (C=O) groups is 2. The smallest absolute Gasteiger partial charge is 0.244 e. The molecule has 2 amide bonds. The van der Waals surface area contributed by atoms with E-state index in [1.807, 2.05) is 50.2 Å². The van der Waals surface area contributed by atoms with E-state index in [9.17, 15) is 18.0 Å². The Labute approximate surface area is 223 Å². The van der Waals surface area contributed by atoms with Gasteiger partial charge in [0, 0.05) is 17.1 Å². The maximum absolute atomic E-state index is 13.7. The Balaban J connectivity index is 1.92. The van der Waals surface area contributed by atoms with Crippen LogP contribution in [0.1, 0.15) is 63.5 Å². The molecule has 9 heteroatoms. The molecule has 0 spiro atoms. The highest BCUT2D eigenvalue weighted by molar-refractivity contribution is 9.10. The predicted octanol–water partition coefficient (Wildman–Crippen LogP) is 4.81. The first-order valence-electron chi connectivity index (χ1n) is 12.4. The lowest BCUT2D eigenvalue weighted by Gasteiger charge is -2.32. The molecule has 0 radical (unpaired) electrons. The molecule has 0 bridgehead atoms. The number of halogens is 1. The first-order chi connectivity index (χ1) is 17.0. The molecule has 1 N–H and O–H groups in total. The first kappa shape index (κ1) is 28.2. The number of hydrogen-bond donors (Lipinski definition) is 1. The van der Waals surface area contributed by atoms with Gasteiger partial charge in [0.1, 0.15) is 12.6 Å². The third kappa shape index (κ3) is 7.32. The van der Waals surface area contributed by atoms with Gasteiger partial charge in [0.2, 0.25) is 21.8 Å². The Morgan fingerprint density at radius 1 is 1.03 bits per heavy atom. The molecule has 0 aromatic heterocycles. The summed E-state index contributed by atoms with van der Waals surface area (Å²) in [7, 11) is -3.77. The second kappa shape index (κ2) is 12.2. The largest absolute Gasteiger partial charge is 0.352 e. The van der Waals surface area contributed by atoms with Crippen molar-refractivity contribution < 1.29 is 18.0 Å². The van der Waals surface area contributed by atoms with Gasteiger partial charge in [0.05, 0.1) is 11.9 Å². The van der Waals surface area contributed by atoms with Gasteiger partial charge < -0.3 is 10.2 Å². The Kier molecular flexibility index (Phi) is 9.58. The Morgan fingerprint density at radius 3 is 2.22 bits per heavy atom. The SMILES string of the molecule is CC(C)c1ccccc1N(CC(=O)N(Cc1ccc(Br)cc1)C(C)C(=O)NC1CCCC1)S(C)(=O)=O. The molecule has 1 saturated carbocycles. The molecule has 7 nitrogen and oxygen atoms in total. The molecule has 0 aliphatic heterocycles. The molecule has 0 saturated heterocycles. The molecule has 1 fully saturated rings. The molecule has 1 aliphatic rings. The van der Waals surface area contributed by atoms with Gasteiger partial charge in [0.15, 0.2) is 0 Å². The summed E-state index contributed by atoms with van der Waals surface area (Å²) in [5, 5.41) is 3.08. The lowest BCUT2D eigenvalue weighted by atomic mass is 10.0. The number of amides is 2. The minimum atomic E-state index is -3.77. The van der Waals surface area contributed by atoms with Crippen LogP contribution in [0.15, 0.2) is 53.0 Å². The van der Waals surface area contributed by atoms with Crippen LogP contribution in [0.4, 0.5) is 5.69 Å². The van der Waals surface area contributed by atoms with Crippen LogP contribution in [-0.4, -0.2) is 50.0 Å². The van der Waals surface area contributed by atoms with Crippen molar-refractivity contribution in [3.8, 4) is 0 Å². The molecule has 1 aliphatic carbocycles. The minimum Gasteiger partial charge on any atom is -0.352 e. The highest BCUT2D eigenvalue weighted by atomic mass is 79.9. The summed E-state index contributed by atoms with van der Waals surface area (Å²) >= 11 is 3.42. The van der Waals surface area contributed by atoms with E-state index in [0.29, 0.717) is 5.69 Å². The Hall–Kier alpha value is -2.39. The van der Waals surface area contributed by atoms with E-state index >= 15 is 0 Å². The zero-order valence-corrected chi connectivity index (χ0v) is 23.8. The predicted molar refractivity (Wildman–Crippen MR) is 147 cm³/mol. The summed E-state index contributed by atoms with van der Waals surface area (Å²) in [5.74, 6) is -0.590. The zero-order chi connectivity index (χ0) is 26.5. The lowest BCUT2D eigenvalue weighted by Crippen LogP contribution is -2.52. The average Bonchev–Trinajstić information content (AvgIpc) is 3.33. The number of rotatable bonds is 10. The van der Waals surface area contributed by atoms with Gasteiger partial charge in [-0.3, -0.25) is 13.9 Å². The fraction of sp³-hybridized carbons (Fsp3) is 0.481. The molecule has 2 aromatic rings. The van der Waals surface area contributed by atoms with Gasteiger partial charge in [-0.1, -0.05) is 73.0 Å². The number of sulfonamides is 1. The van der Waals surface area contributed by atoms with Gasteiger partial charge in [-0.25, -0.2) is 8.42 Å². The Morgan fingerprint density at radius 2 is 1.64 bits per heavy atom. The van der Waals surface area contributed by atoms with Crippen molar-refractivity contribution in [3.63, 3.8) is 0 Å². The zero-order valence-electron chi connectivity index (χ0n) is 21.4. The van der Waals surface area contributed by atoms with Crippen LogP contribution in [0.25, 0.3) is 0 Å². The quantitative estimate of drug-likeness (QED) is 0.438. The van der Waals surface area contributed by atoms with E-state index < -0.39 is 22.0 Å². The van der Waals surface area contributed by atoms with Crippen LogP contribution in [0.3, 0.4) is 0 Å². The van der Waals surface area contributed by atoms with Crippen LogP contribution < -0.4 is 9.62 Å². The summed E-state index contributed by atoms with van der Waals surface area (Å²) in [6, 6.07) is 14.1. The van der Waals surface area contributed by atoms with Crippen molar-refractivity contribution >= 4 is 43.5 Å². The maximum Gasteiger partial charge on any atom is 0.244 e. The van der Waals surface area contributed by atoms with Crippen LogP contribution in [0, 0.1) is 0 Å². The first-order valence-corrected chi connectivity index (χ1v) is 15.0. The summed E-state index contributed by atoms with van der Waals surface area (Å²) < 4.78 is 27.8. The third-order valence-corrected chi connectivity index (χ3v) is 8.30. The monoisotopic (exact) mass is 577 g/mol. The van der Waals surface area contributed by atoms with Crippen LogP contribution in [-0.2, 0) is 26.2 Å². The molecule has 196 valence electrons. The fourth-order valence-corrected chi connectivity index (χ4v) is 5.69. The van der Waals surface area contributed by atoms with Crippen LogP contribution in [0.5, 0.6) is 0 Å². The summed E-state index contributed by atoms with van der Waals surface area (Å²) in [6.45, 7) is 5.47. The average molecular weight is 579 g/mol. The van der Waals surface area contributed by atoms with Crippen molar-refractivity contribution in [1.29, 1.82) is 0 Å². The number of nitrogens with zero attached hydrogens (tertiary/aromatic N) is 2. The summed E-state index contributed by atoms with van der Waals surface area (Å²) in [6.07, 6.45) is 5.14. The summed E-state index contributed by atoms with van der Waals surface area (Å²) in [5.41, 5.74) is 2.16. The number of carbonyl (C=O) groups excluding carboxylic acids is 2. The van der Waals surface area contributed by atoms with Crippen molar-refractivity contribution in [1.82, 2.24) is 10.2 Å². The normalized spacial score (nSPS) is 15.1. The van der Waals surface area contributed by atoms with Gasteiger partial charge in [0.25, 0.3) is 0 Å².